The van der Waals surface area contributed by atoms with E-state index in [0.29, 0.717) is 0 Å². The van der Waals surface area contributed by atoms with Gasteiger partial charge >= 0.3 is 0 Å². The molecule has 2 aromatic carbocycles. The number of nitrogens with zero attached hydrogens (tertiary/aromatic N) is 1. The lowest BCUT2D eigenvalue weighted by Crippen LogP contribution is -2.23. The zero-order valence-electron chi connectivity index (χ0n) is 18.7. The topological polar surface area (TPSA) is 21.7 Å². The van der Waals surface area contributed by atoms with Crippen LogP contribution in [-0.4, -0.2) is 38.3 Å². The highest BCUT2D eigenvalue weighted by molar-refractivity contribution is 5.64. The second-order valence-corrected chi connectivity index (χ2v) is 7.60. The summed E-state index contributed by atoms with van der Waals surface area (Å²) in [6, 6.07) is 16.5. The minimum absolute atomic E-state index is 0.809. The molecule has 0 aliphatic carbocycles. The van der Waals surface area contributed by atoms with Gasteiger partial charge in [0.05, 0.1) is 13.7 Å². The van der Waals surface area contributed by atoms with E-state index in [1.807, 2.05) is 12.1 Å². The molecule has 0 saturated heterocycles. The van der Waals surface area contributed by atoms with E-state index in [1.54, 1.807) is 7.11 Å². The lowest BCUT2D eigenvalue weighted by molar-refractivity contribution is 0.293. The maximum Gasteiger partial charge on any atom is 0.119 e. The molecule has 0 bridgehead atoms. The lowest BCUT2D eigenvalue weighted by Gasteiger charge is -2.17. The molecule has 2 aromatic rings. The molecule has 0 radical (unpaired) electrons. The Kier molecular flexibility index (Phi) is 11.3. The Balaban J connectivity index is 1.53. The molecular weight excluding hydrogens is 358 g/mol. The van der Waals surface area contributed by atoms with Crippen LogP contribution < -0.4 is 9.47 Å². The Bertz CT molecular complexity index is 647. The SMILES string of the molecule is CCN(CC)CCCCCCCCCOc1ccc(-c2ccc(OC)cc2)cc1. The van der Waals surface area contributed by atoms with Crippen LogP contribution in [0, 0.1) is 0 Å². The van der Waals surface area contributed by atoms with Gasteiger partial charge in [-0.1, -0.05) is 70.2 Å². The first-order valence-corrected chi connectivity index (χ1v) is 11.4. The minimum Gasteiger partial charge on any atom is -0.497 e. The van der Waals surface area contributed by atoms with Crippen LogP contribution in [0.15, 0.2) is 48.5 Å². The van der Waals surface area contributed by atoms with Gasteiger partial charge in [-0.3, -0.25) is 0 Å². The third kappa shape index (κ3) is 8.91. The molecule has 0 heterocycles. The van der Waals surface area contributed by atoms with Gasteiger partial charge in [0.2, 0.25) is 0 Å². The Labute approximate surface area is 178 Å². The molecule has 0 N–H and O–H groups in total. The molecule has 0 unspecified atom stereocenters. The first kappa shape index (κ1) is 23.3. The van der Waals surface area contributed by atoms with Crippen molar-refractivity contribution >= 4 is 0 Å². The molecule has 0 aromatic heterocycles. The van der Waals surface area contributed by atoms with E-state index in [4.69, 9.17) is 9.47 Å². The second-order valence-electron chi connectivity index (χ2n) is 7.60. The molecule has 0 aliphatic rings. The predicted octanol–water partition coefficient (Wildman–Crippen LogP) is 6.81. The maximum atomic E-state index is 5.90. The van der Waals surface area contributed by atoms with Crippen LogP contribution in [0.2, 0.25) is 0 Å². The van der Waals surface area contributed by atoms with Crippen LogP contribution >= 0.6 is 0 Å². The second kappa shape index (κ2) is 14.1. The van der Waals surface area contributed by atoms with Crippen molar-refractivity contribution in [1.82, 2.24) is 4.90 Å². The first-order chi connectivity index (χ1) is 14.3. The highest BCUT2D eigenvalue weighted by atomic mass is 16.5. The molecule has 0 aliphatic heterocycles. The first-order valence-electron chi connectivity index (χ1n) is 11.4. The van der Waals surface area contributed by atoms with Crippen molar-refractivity contribution in [2.45, 2.75) is 58.8 Å². The quantitative estimate of drug-likeness (QED) is 0.308. The van der Waals surface area contributed by atoms with Crippen molar-refractivity contribution in [3.05, 3.63) is 48.5 Å². The fourth-order valence-corrected chi connectivity index (χ4v) is 3.58. The van der Waals surface area contributed by atoms with Crippen molar-refractivity contribution in [3.8, 4) is 22.6 Å². The van der Waals surface area contributed by atoms with Gasteiger partial charge in [0.1, 0.15) is 11.5 Å². The monoisotopic (exact) mass is 397 g/mol. The summed E-state index contributed by atoms with van der Waals surface area (Å²) in [6.45, 7) is 8.94. The number of ether oxygens (including phenoxy) is 2. The van der Waals surface area contributed by atoms with Crippen LogP contribution in [-0.2, 0) is 0 Å². The van der Waals surface area contributed by atoms with Crippen molar-refractivity contribution < 1.29 is 9.47 Å². The Morgan fingerprint density at radius 1 is 0.621 bits per heavy atom. The standard InChI is InChI=1S/C26H39NO2/c1-4-27(5-2)21-11-9-7-6-8-10-12-22-29-26-19-15-24(16-20-26)23-13-17-25(28-3)18-14-23/h13-20H,4-12,21-22H2,1-3H3. The number of rotatable bonds is 15. The minimum atomic E-state index is 0.809. The normalized spacial score (nSPS) is 11.0. The van der Waals surface area contributed by atoms with Gasteiger partial charge in [-0.25, -0.2) is 0 Å². The van der Waals surface area contributed by atoms with Crippen LogP contribution in [0.25, 0.3) is 11.1 Å². The lowest BCUT2D eigenvalue weighted by atomic mass is 10.1. The summed E-state index contributed by atoms with van der Waals surface area (Å²) in [7, 11) is 1.69. The van der Waals surface area contributed by atoms with Gasteiger partial charge in [0.25, 0.3) is 0 Å². The van der Waals surface area contributed by atoms with E-state index in [-0.39, 0.29) is 0 Å². The molecule has 160 valence electrons. The highest BCUT2D eigenvalue weighted by Crippen LogP contribution is 2.24. The van der Waals surface area contributed by atoms with E-state index >= 15 is 0 Å². The van der Waals surface area contributed by atoms with E-state index in [0.717, 1.165) is 24.5 Å². The van der Waals surface area contributed by atoms with Gasteiger partial charge in [0, 0.05) is 0 Å². The summed E-state index contributed by atoms with van der Waals surface area (Å²) in [5.74, 6) is 1.84. The molecule has 3 heteroatoms. The maximum absolute atomic E-state index is 5.90. The molecule has 0 fully saturated rings. The molecule has 3 nitrogen and oxygen atoms in total. The molecule has 0 saturated carbocycles. The number of benzene rings is 2. The highest BCUT2D eigenvalue weighted by Gasteiger charge is 2.01. The van der Waals surface area contributed by atoms with E-state index in [9.17, 15) is 0 Å². The van der Waals surface area contributed by atoms with Gasteiger partial charge in [-0.2, -0.15) is 0 Å². The van der Waals surface area contributed by atoms with Gasteiger partial charge in [0.15, 0.2) is 0 Å². The van der Waals surface area contributed by atoms with Crippen molar-refractivity contribution in [2.24, 2.45) is 0 Å². The Hall–Kier alpha value is -2.00. The zero-order chi connectivity index (χ0) is 20.7. The molecule has 0 atom stereocenters. The summed E-state index contributed by atoms with van der Waals surface area (Å²) >= 11 is 0. The summed E-state index contributed by atoms with van der Waals surface area (Å²) in [5.41, 5.74) is 2.38. The number of methoxy groups -OCH3 is 1. The van der Waals surface area contributed by atoms with Crippen LogP contribution in [0.5, 0.6) is 11.5 Å². The fourth-order valence-electron chi connectivity index (χ4n) is 3.58. The molecule has 29 heavy (non-hydrogen) atoms. The smallest absolute Gasteiger partial charge is 0.119 e. The molecule has 0 amide bonds. The predicted molar refractivity (Wildman–Crippen MR) is 124 cm³/mol. The Morgan fingerprint density at radius 3 is 1.62 bits per heavy atom. The summed E-state index contributed by atoms with van der Waals surface area (Å²) in [4.78, 5) is 2.51. The fraction of sp³-hybridized carbons (Fsp3) is 0.538. The third-order valence-electron chi connectivity index (χ3n) is 5.56. The van der Waals surface area contributed by atoms with Crippen LogP contribution in [0.1, 0.15) is 58.8 Å². The van der Waals surface area contributed by atoms with E-state index < -0.39 is 0 Å². The van der Waals surface area contributed by atoms with Crippen molar-refractivity contribution in [1.29, 1.82) is 0 Å². The average Bonchev–Trinajstić information content (AvgIpc) is 2.78. The average molecular weight is 398 g/mol. The van der Waals surface area contributed by atoms with Crippen molar-refractivity contribution in [2.75, 3.05) is 33.4 Å². The van der Waals surface area contributed by atoms with Crippen molar-refractivity contribution in [3.63, 3.8) is 0 Å². The summed E-state index contributed by atoms with van der Waals surface area (Å²) < 4.78 is 11.1. The van der Waals surface area contributed by atoms with Crippen LogP contribution in [0.3, 0.4) is 0 Å². The molecular formula is C26H39NO2. The van der Waals surface area contributed by atoms with E-state index in [1.165, 1.54) is 69.3 Å². The Morgan fingerprint density at radius 2 is 1.10 bits per heavy atom. The zero-order valence-corrected chi connectivity index (χ0v) is 18.7. The molecule has 2 rings (SSSR count). The van der Waals surface area contributed by atoms with Gasteiger partial charge in [-0.15, -0.1) is 0 Å². The van der Waals surface area contributed by atoms with Gasteiger partial charge < -0.3 is 14.4 Å². The van der Waals surface area contributed by atoms with Gasteiger partial charge in [-0.05, 0) is 67.9 Å². The molecule has 0 spiro atoms. The summed E-state index contributed by atoms with van der Waals surface area (Å²) in [6.07, 6.45) is 9.17. The van der Waals surface area contributed by atoms with Crippen LogP contribution in [0.4, 0.5) is 0 Å². The largest absolute Gasteiger partial charge is 0.497 e. The third-order valence-corrected chi connectivity index (χ3v) is 5.56. The summed E-state index contributed by atoms with van der Waals surface area (Å²) in [5, 5.41) is 0. The number of hydrogen-bond donors (Lipinski definition) is 0. The number of unbranched alkanes of at least 4 members (excludes halogenated alkanes) is 6. The van der Waals surface area contributed by atoms with E-state index in [2.05, 4.69) is 55.1 Å². The number of hydrogen-bond acceptors (Lipinski definition) is 3.